The molecule has 0 saturated heterocycles. The van der Waals surface area contributed by atoms with E-state index in [2.05, 4.69) is 0 Å². The Morgan fingerprint density at radius 2 is 1.71 bits per heavy atom. The van der Waals surface area contributed by atoms with Crippen molar-refractivity contribution < 1.29 is 17.2 Å². The number of rotatable bonds is 1. The molecule has 0 aromatic heterocycles. The van der Waals surface area contributed by atoms with Gasteiger partial charge in [0.15, 0.2) is 21.5 Å². The molecule has 0 N–H and O–H groups in total. The van der Waals surface area contributed by atoms with Crippen LogP contribution in [0.2, 0.25) is 0 Å². The van der Waals surface area contributed by atoms with Crippen LogP contribution in [0.4, 0.5) is 8.78 Å². The average molecular weight is 258 g/mol. The fourth-order valence-corrected chi connectivity index (χ4v) is 4.28. The molecule has 0 radical (unpaired) electrons. The number of halogens is 2. The second kappa shape index (κ2) is 3.51. The Hall–Kier alpha value is -0.970. The van der Waals surface area contributed by atoms with E-state index in [0.717, 1.165) is 25.0 Å². The van der Waals surface area contributed by atoms with E-state index < -0.39 is 21.5 Å². The fourth-order valence-electron chi connectivity index (χ4n) is 2.64. The lowest BCUT2D eigenvalue weighted by Gasteiger charge is -2.25. The molecule has 2 aliphatic rings. The van der Waals surface area contributed by atoms with Crippen molar-refractivity contribution in [3.05, 3.63) is 29.3 Å². The van der Waals surface area contributed by atoms with E-state index in [1.165, 1.54) is 0 Å². The third-order valence-electron chi connectivity index (χ3n) is 3.68. The van der Waals surface area contributed by atoms with Crippen LogP contribution in [-0.2, 0) is 9.84 Å². The van der Waals surface area contributed by atoms with Gasteiger partial charge in [0.05, 0.1) is 10.6 Å². The number of hydrogen-bond donors (Lipinski definition) is 0. The van der Waals surface area contributed by atoms with Crippen molar-refractivity contribution in [2.24, 2.45) is 5.92 Å². The SMILES string of the molecule is O=S1(=O)CCC(C2CC2)c2cc(F)c(F)cc21. The maximum Gasteiger partial charge on any atom is 0.178 e. The summed E-state index contributed by atoms with van der Waals surface area (Å²) in [6, 6.07) is 1.92. The van der Waals surface area contributed by atoms with Gasteiger partial charge in [-0.3, -0.25) is 0 Å². The molecule has 1 aromatic rings. The first-order chi connectivity index (χ1) is 7.99. The summed E-state index contributed by atoms with van der Waals surface area (Å²) in [7, 11) is -3.43. The molecule has 17 heavy (non-hydrogen) atoms. The maximum atomic E-state index is 13.2. The molecule has 0 bridgehead atoms. The molecule has 5 heteroatoms. The van der Waals surface area contributed by atoms with Gasteiger partial charge in [0.1, 0.15) is 0 Å². The van der Waals surface area contributed by atoms with Gasteiger partial charge in [0.2, 0.25) is 0 Å². The van der Waals surface area contributed by atoms with Crippen molar-refractivity contribution in [2.75, 3.05) is 5.75 Å². The molecule has 1 aromatic carbocycles. The van der Waals surface area contributed by atoms with Crippen molar-refractivity contribution in [3.63, 3.8) is 0 Å². The third-order valence-corrected chi connectivity index (χ3v) is 5.47. The van der Waals surface area contributed by atoms with E-state index in [9.17, 15) is 17.2 Å². The van der Waals surface area contributed by atoms with Crippen LogP contribution in [0.3, 0.4) is 0 Å². The van der Waals surface area contributed by atoms with Crippen LogP contribution in [0.5, 0.6) is 0 Å². The predicted octanol–water partition coefficient (Wildman–Crippen LogP) is 2.64. The van der Waals surface area contributed by atoms with E-state index in [0.29, 0.717) is 17.9 Å². The van der Waals surface area contributed by atoms with Crippen molar-refractivity contribution in [2.45, 2.75) is 30.1 Å². The van der Waals surface area contributed by atoms with Crippen molar-refractivity contribution in [3.8, 4) is 0 Å². The monoisotopic (exact) mass is 258 g/mol. The molecule has 0 spiro atoms. The zero-order chi connectivity index (χ0) is 12.2. The van der Waals surface area contributed by atoms with Crippen LogP contribution in [0.25, 0.3) is 0 Å². The molecule has 2 nitrogen and oxygen atoms in total. The standard InChI is InChI=1S/C12H12F2O2S/c13-10-5-9-8(7-1-2-7)3-4-17(15,16)12(9)6-11(10)14/h5-8H,1-4H2. The second-order valence-corrected chi connectivity index (χ2v) is 6.93. The lowest BCUT2D eigenvalue weighted by Crippen LogP contribution is -2.22. The Labute approximate surface area is 98.6 Å². The molecule has 1 aliphatic heterocycles. The summed E-state index contributed by atoms with van der Waals surface area (Å²) < 4.78 is 50.1. The summed E-state index contributed by atoms with van der Waals surface area (Å²) in [5, 5.41) is 0. The van der Waals surface area contributed by atoms with Gasteiger partial charge in [-0.05, 0) is 48.8 Å². The lowest BCUT2D eigenvalue weighted by molar-refractivity contribution is 0.486. The van der Waals surface area contributed by atoms with Gasteiger partial charge in [-0.25, -0.2) is 17.2 Å². The first-order valence-electron chi connectivity index (χ1n) is 5.71. The minimum Gasteiger partial charge on any atom is -0.224 e. The smallest absolute Gasteiger partial charge is 0.178 e. The topological polar surface area (TPSA) is 34.1 Å². The number of hydrogen-bond acceptors (Lipinski definition) is 2. The van der Waals surface area contributed by atoms with Gasteiger partial charge in [0.25, 0.3) is 0 Å². The highest BCUT2D eigenvalue weighted by molar-refractivity contribution is 7.91. The molecule has 1 saturated carbocycles. The van der Waals surface area contributed by atoms with Gasteiger partial charge >= 0.3 is 0 Å². The molecule has 1 atom stereocenters. The predicted molar refractivity (Wildman–Crippen MR) is 58.5 cm³/mol. The number of benzene rings is 1. The van der Waals surface area contributed by atoms with Crippen LogP contribution in [-0.4, -0.2) is 14.2 Å². The van der Waals surface area contributed by atoms with Crippen molar-refractivity contribution >= 4 is 9.84 Å². The summed E-state index contributed by atoms with van der Waals surface area (Å²) in [4.78, 5) is -0.000417. The molecule has 3 rings (SSSR count). The van der Waals surface area contributed by atoms with E-state index in [-0.39, 0.29) is 16.6 Å². The molecular formula is C12H12F2O2S. The second-order valence-electron chi connectivity index (χ2n) is 4.86. The van der Waals surface area contributed by atoms with Crippen molar-refractivity contribution in [1.29, 1.82) is 0 Å². The highest BCUT2D eigenvalue weighted by atomic mass is 32.2. The van der Waals surface area contributed by atoms with Crippen LogP contribution >= 0.6 is 0 Å². The van der Waals surface area contributed by atoms with Crippen LogP contribution in [0, 0.1) is 17.6 Å². The van der Waals surface area contributed by atoms with E-state index in [4.69, 9.17) is 0 Å². The van der Waals surface area contributed by atoms with Gasteiger partial charge in [-0.2, -0.15) is 0 Å². The quantitative estimate of drug-likeness (QED) is 0.726. The molecule has 1 heterocycles. The minimum atomic E-state index is -3.43. The zero-order valence-corrected chi connectivity index (χ0v) is 9.93. The Morgan fingerprint density at radius 3 is 2.35 bits per heavy atom. The highest BCUT2D eigenvalue weighted by Gasteiger charge is 2.39. The van der Waals surface area contributed by atoms with Gasteiger partial charge in [-0.15, -0.1) is 0 Å². The Balaban J connectivity index is 2.20. The van der Waals surface area contributed by atoms with E-state index in [1.54, 1.807) is 0 Å². The molecule has 92 valence electrons. The molecule has 0 amide bonds. The van der Waals surface area contributed by atoms with Crippen LogP contribution in [0.1, 0.15) is 30.7 Å². The molecule has 1 aliphatic carbocycles. The maximum absolute atomic E-state index is 13.2. The Bertz CT molecular complexity index is 576. The van der Waals surface area contributed by atoms with Gasteiger partial charge < -0.3 is 0 Å². The Kier molecular flexibility index (Phi) is 2.30. The third kappa shape index (κ3) is 1.76. The summed E-state index contributed by atoms with van der Waals surface area (Å²) >= 11 is 0. The molecule has 1 fully saturated rings. The van der Waals surface area contributed by atoms with Gasteiger partial charge in [-0.1, -0.05) is 0 Å². The first-order valence-corrected chi connectivity index (χ1v) is 7.36. The summed E-state index contributed by atoms with van der Waals surface area (Å²) in [5.74, 6) is -1.44. The number of fused-ring (bicyclic) bond motifs is 1. The van der Waals surface area contributed by atoms with Crippen molar-refractivity contribution in [1.82, 2.24) is 0 Å². The number of sulfone groups is 1. The highest BCUT2D eigenvalue weighted by Crippen LogP contribution is 2.48. The summed E-state index contributed by atoms with van der Waals surface area (Å²) in [6.45, 7) is 0. The fraction of sp³-hybridized carbons (Fsp3) is 0.500. The van der Waals surface area contributed by atoms with E-state index in [1.807, 2.05) is 0 Å². The first kappa shape index (κ1) is 11.1. The normalized spacial score (nSPS) is 26.6. The average Bonchev–Trinajstić information content (AvgIpc) is 3.05. The van der Waals surface area contributed by atoms with Gasteiger partial charge in [0, 0.05) is 0 Å². The summed E-state index contributed by atoms with van der Waals surface area (Å²) in [5.41, 5.74) is 0.484. The van der Waals surface area contributed by atoms with Crippen LogP contribution in [0.15, 0.2) is 17.0 Å². The lowest BCUT2D eigenvalue weighted by atomic mass is 9.91. The summed E-state index contributed by atoms with van der Waals surface area (Å²) in [6.07, 6.45) is 2.65. The minimum absolute atomic E-state index is 0.000417. The largest absolute Gasteiger partial charge is 0.224 e. The van der Waals surface area contributed by atoms with E-state index >= 15 is 0 Å². The molecule has 1 unspecified atom stereocenters. The van der Waals surface area contributed by atoms with Crippen LogP contribution < -0.4 is 0 Å². The Morgan fingerprint density at radius 1 is 1.06 bits per heavy atom. The zero-order valence-electron chi connectivity index (χ0n) is 9.12. The molecular weight excluding hydrogens is 246 g/mol.